The molecule has 0 radical (unpaired) electrons. The lowest BCUT2D eigenvalue weighted by molar-refractivity contribution is 0.0789. The molecule has 1 amide bonds. The number of rotatable bonds is 3. The van der Waals surface area contributed by atoms with Gasteiger partial charge in [-0.2, -0.15) is 5.10 Å². The fourth-order valence-corrected chi connectivity index (χ4v) is 4.85. The maximum Gasteiger partial charge on any atom is 0.254 e. The molecule has 2 aliphatic rings. The van der Waals surface area contributed by atoms with Gasteiger partial charge < -0.3 is 9.64 Å². The summed E-state index contributed by atoms with van der Waals surface area (Å²) in [4.78, 5) is 15.5. The molecule has 5 nitrogen and oxygen atoms in total. The van der Waals surface area contributed by atoms with Crippen LogP contribution < -0.4 is 0 Å². The van der Waals surface area contributed by atoms with Crippen LogP contribution in [0.2, 0.25) is 0 Å². The normalized spacial score (nSPS) is 19.3. The van der Waals surface area contributed by atoms with Crippen molar-refractivity contribution in [3.05, 3.63) is 71.1 Å². The first kappa shape index (κ1) is 19.1. The summed E-state index contributed by atoms with van der Waals surface area (Å²) in [5, 5.41) is 6.81. The zero-order chi connectivity index (χ0) is 20.7. The van der Waals surface area contributed by atoms with Crippen molar-refractivity contribution in [1.82, 2.24) is 14.7 Å². The Morgan fingerprint density at radius 2 is 1.97 bits per heavy atom. The van der Waals surface area contributed by atoms with E-state index in [-0.39, 0.29) is 11.9 Å². The van der Waals surface area contributed by atoms with E-state index in [1.165, 1.54) is 11.1 Å². The van der Waals surface area contributed by atoms with Crippen LogP contribution in [0.3, 0.4) is 0 Å². The Morgan fingerprint density at radius 1 is 1.13 bits per heavy atom. The molecule has 3 heterocycles. The number of aryl methyl sites for hydroxylation is 2. The molecule has 2 aromatic carbocycles. The first-order valence-corrected chi connectivity index (χ1v) is 10.7. The van der Waals surface area contributed by atoms with Crippen molar-refractivity contribution in [2.45, 2.75) is 32.7 Å². The number of nitrogens with zero attached hydrogens (tertiary/aromatic N) is 3. The Morgan fingerprint density at radius 3 is 2.70 bits per heavy atom. The van der Waals surface area contributed by atoms with Crippen LogP contribution in [0, 0.1) is 13.8 Å². The Bertz CT molecular complexity index is 1140. The molecule has 1 fully saturated rings. The second-order valence-electron chi connectivity index (χ2n) is 8.33. The first-order valence-electron chi connectivity index (χ1n) is 10.7. The number of amides is 1. The molecule has 1 unspecified atom stereocenters. The van der Waals surface area contributed by atoms with Gasteiger partial charge in [0.2, 0.25) is 0 Å². The van der Waals surface area contributed by atoms with Gasteiger partial charge in [0, 0.05) is 24.3 Å². The van der Waals surface area contributed by atoms with Crippen molar-refractivity contribution in [2.75, 3.05) is 26.3 Å². The molecule has 30 heavy (non-hydrogen) atoms. The van der Waals surface area contributed by atoms with Crippen molar-refractivity contribution >= 4 is 22.3 Å². The zero-order valence-electron chi connectivity index (χ0n) is 17.6. The lowest BCUT2D eigenvalue weighted by Crippen LogP contribution is -2.29. The van der Waals surface area contributed by atoms with Gasteiger partial charge in [0.15, 0.2) is 0 Å². The van der Waals surface area contributed by atoms with Crippen LogP contribution in [0.15, 0.2) is 48.5 Å². The summed E-state index contributed by atoms with van der Waals surface area (Å²) in [5.41, 5.74) is 5.50. The number of benzene rings is 2. The second-order valence-corrected chi connectivity index (χ2v) is 8.33. The standard InChI is InChI=1S/C25H27N3O2/c1-17-15-18(2)28(26-17)20-9-12-27(16-20)25(29)24-8-7-21(19-10-13-30-14-11-19)22-5-3-4-6-23(22)24/h3-8,10,15,20H,9,11-14,16H2,1-2H3. The Kier molecular flexibility index (Phi) is 4.91. The number of carbonyl (C=O) groups excluding carboxylic acids is 1. The smallest absolute Gasteiger partial charge is 0.254 e. The van der Waals surface area contributed by atoms with E-state index < -0.39 is 0 Å². The third kappa shape index (κ3) is 3.33. The number of fused-ring (bicyclic) bond motifs is 1. The van der Waals surface area contributed by atoms with Gasteiger partial charge >= 0.3 is 0 Å². The molecule has 0 saturated carbocycles. The number of likely N-dealkylation sites (tertiary alicyclic amines) is 1. The molecule has 0 spiro atoms. The van der Waals surface area contributed by atoms with E-state index in [9.17, 15) is 4.79 Å². The maximum absolute atomic E-state index is 13.5. The molecule has 0 N–H and O–H groups in total. The van der Waals surface area contributed by atoms with Gasteiger partial charge in [-0.15, -0.1) is 0 Å². The van der Waals surface area contributed by atoms with Crippen molar-refractivity contribution in [3.8, 4) is 0 Å². The highest BCUT2D eigenvalue weighted by molar-refractivity contribution is 6.09. The third-order valence-electron chi connectivity index (χ3n) is 6.30. The fraction of sp³-hybridized carbons (Fsp3) is 0.360. The summed E-state index contributed by atoms with van der Waals surface area (Å²) in [6.07, 6.45) is 4.01. The van der Waals surface area contributed by atoms with Gasteiger partial charge in [0.05, 0.1) is 24.9 Å². The number of carbonyl (C=O) groups is 1. The van der Waals surface area contributed by atoms with Crippen molar-refractivity contribution in [2.24, 2.45) is 0 Å². The topological polar surface area (TPSA) is 47.4 Å². The quantitative estimate of drug-likeness (QED) is 0.647. The van der Waals surface area contributed by atoms with Crippen LogP contribution >= 0.6 is 0 Å². The van der Waals surface area contributed by atoms with Gasteiger partial charge in [-0.05, 0) is 60.7 Å². The minimum Gasteiger partial charge on any atom is -0.377 e. The highest BCUT2D eigenvalue weighted by Gasteiger charge is 2.30. The number of aromatic nitrogens is 2. The van der Waals surface area contributed by atoms with E-state index in [0.29, 0.717) is 13.2 Å². The zero-order valence-corrected chi connectivity index (χ0v) is 17.6. The van der Waals surface area contributed by atoms with Gasteiger partial charge in [-0.25, -0.2) is 0 Å². The molecule has 0 aliphatic carbocycles. The predicted octanol–water partition coefficient (Wildman–Crippen LogP) is 4.54. The van der Waals surface area contributed by atoms with Gasteiger partial charge in [0.1, 0.15) is 0 Å². The van der Waals surface area contributed by atoms with E-state index in [1.54, 1.807) is 0 Å². The Hall–Kier alpha value is -2.92. The first-order chi connectivity index (χ1) is 14.6. The molecular weight excluding hydrogens is 374 g/mol. The van der Waals surface area contributed by atoms with Crippen molar-refractivity contribution in [3.63, 3.8) is 0 Å². The lowest BCUT2D eigenvalue weighted by Gasteiger charge is -2.20. The highest BCUT2D eigenvalue weighted by Crippen LogP contribution is 2.32. The van der Waals surface area contributed by atoms with E-state index >= 15 is 0 Å². The van der Waals surface area contributed by atoms with Crippen molar-refractivity contribution < 1.29 is 9.53 Å². The van der Waals surface area contributed by atoms with Crippen LogP contribution in [0.25, 0.3) is 16.3 Å². The highest BCUT2D eigenvalue weighted by atomic mass is 16.5. The predicted molar refractivity (Wildman–Crippen MR) is 119 cm³/mol. The molecule has 2 aliphatic heterocycles. The monoisotopic (exact) mass is 401 g/mol. The van der Waals surface area contributed by atoms with Crippen LogP contribution in [0.1, 0.15) is 46.2 Å². The average molecular weight is 402 g/mol. The van der Waals surface area contributed by atoms with Crippen LogP contribution in [-0.2, 0) is 4.74 Å². The Labute approximate surface area is 176 Å². The molecule has 3 aromatic rings. The van der Waals surface area contributed by atoms with E-state index in [1.807, 2.05) is 24.0 Å². The molecule has 1 saturated heterocycles. The molecule has 1 aromatic heterocycles. The molecule has 5 heteroatoms. The summed E-state index contributed by atoms with van der Waals surface area (Å²) in [6, 6.07) is 14.7. The van der Waals surface area contributed by atoms with Crippen molar-refractivity contribution in [1.29, 1.82) is 0 Å². The molecule has 154 valence electrons. The Balaban J connectivity index is 1.46. The summed E-state index contributed by atoms with van der Waals surface area (Å²) >= 11 is 0. The van der Waals surface area contributed by atoms with Gasteiger partial charge in [-0.3, -0.25) is 9.48 Å². The number of ether oxygens (including phenoxy) is 1. The van der Waals surface area contributed by atoms with E-state index in [4.69, 9.17) is 4.74 Å². The minimum atomic E-state index is 0.114. The summed E-state index contributed by atoms with van der Waals surface area (Å²) in [7, 11) is 0. The summed E-state index contributed by atoms with van der Waals surface area (Å²) < 4.78 is 7.56. The third-order valence-corrected chi connectivity index (χ3v) is 6.30. The summed E-state index contributed by atoms with van der Waals surface area (Å²) in [5.74, 6) is 0.114. The summed E-state index contributed by atoms with van der Waals surface area (Å²) in [6.45, 7) is 6.98. The fourth-order valence-electron chi connectivity index (χ4n) is 4.85. The minimum absolute atomic E-state index is 0.114. The average Bonchev–Trinajstić information content (AvgIpc) is 3.39. The molecular formula is C25H27N3O2. The SMILES string of the molecule is Cc1cc(C)n(C2CCN(C(=O)c3ccc(C4=CCOCC4)c4ccccc34)C2)n1. The van der Waals surface area contributed by atoms with Gasteiger partial charge in [0.25, 0.3) is 5.91 Å². The molecule has 0 bridgehead atoms. The maximum atomic E-state index is 13.5. The van der Waals surface area contributed by atoms with E-state index in [2.05, 4.69) is 53.1 Å². The molecule has 1 atom stereocenters. The van der Waals surface area contributed by atoms with E-state index in [0.717, 1.165) is 53.7 Å². The largest absolute Gasteiger partial charge is 0.377 e. The van der Waals surface area contributed by atoms with Crippen LogP contribution in [0.4, 0.5) is 0 Å². The van der Waals surface area contributed by atoms with Gasteiger partial charge in [-0.1, -0.05) is 36.4 Å². The second kappa shape index (κ2) is 7.73. The number of hydrogen-bond donors (Lipinski definition) is 0. The van der Waals surface area contributed by atoms with Crippen LogP contribution in [0.5, 0.6) is 0 Å². The number of hydrogen-bond acceptors (Lipinski definition) is 3. The molecule has 5 rings (SSSR count). The van der Waals surface area contributed by atoms with Crippen LogP contribution in [-0.4, -0.2) is 46.9 Å². The lowest BCUT2D eigenvalue weighted by atomic mass is 9.92.